The Kier molecular flexibility index (Phi) is 6.45. The van der Waals surface area contributed by atoms with Gasteiger partial charge in [0.05, 0.1) is 6.10 Å². The van der Waals surface area contributed by atoms with Gasteiger partial charge in [-0.1, -0.05) is 24.3 Å². The van der Waals surface area contributed by atoms with Crippen LogP contribution in [-0.4, -0.2) is 44.9 Å². The summed E-state index contributed by atoms with van der Waals surface area (Å²) in [6.07, 6.45) is 5.90. The largest absolute Gasteiger partial charge is 0.373 e. The minimum Gasteiger partial charge on any atom is -0.373 e. The van der Waals surface area contributed by atoms with Gasteiger partial charge in [0, 0.05) is 20.3 Å². The lowest BCUT2D eigenvalue weighted by Crippen LogP contribution is -2.54. The number of fused-ring (bicyclic) bond motifs is 1. The third-order valence-electron chi connectivity index (χ3n) is 5.46. The van der Waals surface area contributed by atoms with Crippen LogP contribution in [0, 0.1) is 0 Å². The van der Waals surface area contributed by atoms with Crippen LogP contribution in [0.1, 0.15) is 49.3 Å². The lowest BCUT2D eigenvalue weighted by molar-refractivity contribution is -0.146. The molecular formula is C20H30N2O3. The molecule has 25 heavy (non-hydrogen) atoms. The Morgan fingerprint density at radius 3 is 2.92 bits per heavy atom. The van der Waals surface area contributed by atoms with Gasteiger partial charge in [-0.15, -0.1) is 0 Å². The van der Waals surface area contributed by atoms with Gasteiger partial charge in [-0.05, 0) is 62.7 Å². The number of ether oxygens (including phenoxy) is 2. The molecule has 2 N–H and O–H groups in total. The molecule has 1 heterocycles. The molecule has 0 saturated carbocycles. The summed E-state index contributed by atoms with van der Waals surface area (Å²) in [5.74, 6) is 0.0134. The van der Waals surface area contributed by atoms with Gasteiger partial charge >= 0.3 is 0 Å². The fourth-order valence-electron chi connectivity index (χ4n) is 3.90. The highest BCUT2D eigenvalue weighted by Gasteiger charge is 2.39. The van der Waals surface area contributed by atoms with Crippen molar-refractivity contribution in [3.8, 4) is 0 Å². The summed E-state index contributed by atoms with van der Waals surface area (Å²) in [6.45, 7) is 2.95. The molecule has 1 fully saturated rings. The van der Waals surface area contributed by atoms with Crippen LogP contribution in [0.15, 0.2) is 24.3 Å². The number of amides is 1. The van der Waals surface area contributed by atoms with Crippen molar-refractivity contribution >= 4 is 5.91 Å². The van der Waals surface area contributed by atoms with E-state index in [1.807, 2.05) is 0 Å². The predicted octanol–water partition coefficient (Wildman–Crippen LogP) is 2.36. The summed E-state index contributed by atoms with van der Waals surface area (Å²) in [5.41, 5.74) is 2.10. The molecule has 1 saturated heterocycles. The summed E-state index contributed by atoms with van der Waals surface area (Å²) in [6, 6.07) is 8.57. The Bertz CT molecular complexity index is 570. The van der Waals surface area contributed by atoms with Gasteiger partial charge in [-0.3, -0.25) is 4.79 Å². The van der Waals surface area contributed by atoms with Crippen LogP contribution in [0.3, 0.4) is 0 Å². The number of carbonyl (C=O) groups excluding carboxylic acids is 1. The zero-order valence-corrected chi connectivity index (χ0v) is 15.2. The molecule has 1 unspecified atom stereocenters. The van der Waals surface area contributed by atoms with E-state index in [1.165, 1.54) is 17.5 Å². The fraction of sp³-hybridized carbons (Fsp3) is 0.650. The van der Waals surface area contributed by atoms with Crippen molar-refractivity contribution < 1.29 is 14.3 Å². The summed E-state index contributed by atoms with van der Waals surface area (Å²) >= 11 is 0. The van der Waals surface area contributed by atoms with E-state index in [-0.39, 0.29) is 12.0 Å². The average Bonchev–Trinajstić information content (AvgIpc) is 2.68. The van der Waals surface area contributed by atoms with E-state index in [0.29, 0.717) is 13.2 Å². The summed E-state index contributed by atoms with van der Waals surface area (Å²) in [5, 5.41) is 6.30. The predicted molar refractivity (Wildman–Crippen MR) is 97.5 cm³/mol. The molecule has 0 radical (unpaired) electrons. The summed E-state index contributed by atoms with van der Waals surface area (Å²) in [7, 11) is 1.63. The van der Waals surface area contributed by atoms with E-state index >= 15 is 0 Å². The summed E-state index contributed by atoms with van der Waals surface area (Å²) < 4.78 is 11.6. The number of benzene rings is 1. The second-order valence-electron chi connectivity index (χ2n) is 7.01. The van der Waals surface area contributed by atoms with Gasteiger partial charge in [0.25, 0.3) is 5.91 Å². The van der Waals surface area contributed by atoms with E-state index < -0.39 is 5.60 Å². The number of carbonyl (C=O) groups is 1. The fourth-order valence-corrected chi connectivity index (χ4v) is 3.90. The maximum absolute atomic E-state index is 12.5. The smallest absolute Gasteiger partial charge is 0.252 e. The maximum atomic E-state index is 12.5. The van der Waals surface area contributed by atoms with Gasteiger partial charge < -0.3 is 20.1 Å². The average molecular weight is 346 g/mol. The van der Waals surface area contributed by atoms with Gasteiger partial charge in [-0.25, -0.2) is 0 Å². The van der Waals surface area contributed by atoms with Crippen molar-refractivity contribution in [3.05, 3.63) is 35.4 Å². The lowest BCUT2D eigenvalue weighted by Gasteiger charge is -2.34. The van der Waals surface area contributed by atoms with Crippen LogP contribution >= 0.6 is 0 Å². The normalized spacial score (nSPS) is 22.2. The van der Waals surface area contributed by atoms with Gasteiger partial charge in [0.1, 0.15) is 5.60 Å². The Labute approximate surface area is 150 Å². The molecule has 1 atom stereocenters. The second kappa shape index (κ2) is 8.79. The molecule has 0 aromatic heterocycles. The zero-order valence-electron chi connectivity index (χ0n) is 15.2. The highest BCUT2D eigenvalue weighted by atomic mass is 16.5. The molecule has 1 aromatic carbocycles. The first-order chi connectivity index (χ1) is 12.2. The van der Waals surface area contributed by atoms with Crippen LogP contribution in [0.4, 0.5) is 0 Å². The molecule has 1 aliphatic heterocycles. The van der Waals surface area contributed by atoms with Crippen LogP contribution in [0.25, 0.3) is 0 Å². The van der Waals surface area contributed by atoms with Crippen LogP contribution in [-0.2, 0) is 20.7 Å². The minimum absolute atomic E-state index is 0.0134. The summed E-state index contributed by atoms with van der Waals surface area (Å²) in [4.78, 5) is 12.5. The quantitative estimate of drug-likeness (QED) is 0.744. The number of rotatable bonds is 7. The van der Waals surface area contributed by atoms with Gasteiger partial charge in [-0.2, -0.15) is 0 Å². The Balaban J connectivity index is 1.40. The first-order valence-corrected chi connectivity index (χ1v) is 9.49. The number of hydrogen-bond donors (Lipinski definition) is 2. The van der Waals surface area contributed by atoms with E-state index in [9.17, 15) is 4.79 Å². The minimum atomic E-state index is -0.658. The molecular weight excluding hydrogens is 316 g/mol. The van der Waals surface area contributed by atoms with Crippen LogP contribution in [0.2, 0.25) is 0 Å². The van der Waals surface area contributed by atoms with Crippen molar-refractivity contribution in [2.24, 2.45) is 0 Å². The van der Waals surface area contributed by atoms with Crippen LogP contribution < -0.4 is 10.6 Å². The third-order valence-corrected chi connectivity index (χ3v) is 5.46. The lowest BCUT2D eigenvalue weighted by atomic mass is 9.89. The highest BCUT2D eigenvalue weighted by molar-refractivity contribution is 5.85. The van der Waals surface area contributed by atoms with E-state index in [2.05, 4.69) is 34.9 Å². The Morgan fingerprint density at radius 1 is 1.32 bits per heavy atom. The molecule has 2 aliphatic rings. The van der Waals surface area contributed by atoms with Crippen molar-refractivity contribution in [2.75, 3.05) is 33.4 Å². The van der Waals surface area contributed by atoms with E-state index in [1.54, 1.807) is 7.11 Å². The van der Waals surface area contributed by atoms with Crippen molar-refractivity contribution in [1.82, 2.24) is 10.6 Å². The van der Waals surface area contributed by atoms with Crippen molar-refractivity contribution in [2.45, 2.75) is 50.2 Å². The van der Waals surface area contributed by atoms with Gasteiger partial charge in [0.2, 0.25) is 0 Å². The first-order valence-electron chi connectivity index (χ1n) is 9.49. The van der Waals surface area contributed by atoms with Crippen molar-refractivity contribution in [3.63, 3.8) is 0 Å². The number of methoxy groups -OCH3 is 1. The topological polar surface area (TPSA) is 59.6 Å². The zero-order chi connectivity index (χ0) is 17.5. The molecule has 5 heteroatoms. The van der Waals surface area contributed by atoms with Crippen molar-refractivity contribution in [1.29, 1.82) is 0 Å². The second-order valence-corrected chi connectivity index (χ2v) is 7.01. The van der Waals surface area contributed by atoms with E-state index in [0.717, 1.165) is 45.2 Å². The van der Waals surface area contributed by atoms with E-state index in [4.69, 9.17) is 9.47 Å². The Hall–Kier alpha value is -1.43. The molecule has 1 aromatic rings. The molecule has 1 aliphatic carbocycles. The molecule has 5 nitrogen and oxygen atoms in total. The highest BCUT2D eigenvalue weighted by Crippen LogP contribution is 2.32. The molecule has 0 spiro atoms. The number of piperidine rings is 1. The third kappa shape index (κ3) is 4.40. The van der Waals surface area contributed by atoms with Gasteiger partial charge in [0.15, 0.2) is 0 Å². The number of nitrogens with one attached hydrogen (secondary N) is 2. The molecule has 1 amide bonds. The Morgan fingerprint density at radius 2 is 2.12 bits per heavy atom. The number of hydrogen-bond acceptors (Lipinski definition) is 4. The SMILES string of the molecule is COC1(C(=O)NCCCOC2CCCc3ccccc32)CCNCC1. The molecule has 138 valence electrons. The monoisotopic (exact) mass is 346 g/mol. The standard InChI is InChI=1S/C20H30N2O3/c1-24-20(10-13-21-14-11-20)19(23)22-12-5-15-25-18-9-4-7-16-6-2-3-8-17(16)18/h2-3,6,8,18,21H,4-5,7,9-15H2,1H3,(H,22,23). The first kappa shape index (κ1) is 18.4. The molecule has 0 bridgehead atoms. The van der Waals surface area contributed by atoms with Crippen LogP contribution in [0.5, 0.6) is 0 Å². The molecule has 3 rings (SSSR count). The maximum Gasteiger partial charge on any atom is 0.252 e. The number of aryl methyl sites for hydroxylation is 1.